The molecule has 26 heavy (non-hydrogen) atoms. The Morgan fingerprint density at radius 3 is 2.15 bits per heavy atom. The lowest BCUT2D eigenvalue weighted by atomic mass is 9.98. The molecule has 1 fully saturated rings. The second-order valence-electron chi connectivity index (χ2n) is 6.20. The Morgan fingerprint density at radius 2 is 1.58 bits per heavy atom. The molecule has 0 amide bonds. The van der Waals surface area contributed by atoms with Crippen LogP contribution in [-0.4, -0.2) is 21.9 Å². The van der Waals surface area contributed by atoms with E-state index in [0.29, 0.717) is 12.8 Å². The smallest absolute Gasteiger partial charge is 0.338 e. The number of carbonyl (C=O) groups excluding carboxylic acids is 1. The molecule has 3 rings (SSSR count). The first-order valence-corrected chi connectivity index (χ1v) is 8.14. The summed E-state index contributed by atoms with van der Waals surface area (Å²) in [5.74, 6) is -0.496. The summed E-state index contributed by atoms with van der Waals surface area (Å²) in [7, 11) is 0. The average Bonchev–Trinajstić information content (AvgIpc) is 3.10. The molecule has 0 aliphatic heterocycles. The Hall–Kier alpha value is -3.29. The number of nitro benzene ring substituents is 2. The fourth-order valence-corrected chi connectivity index (χ4v) is 3.22. The first-order valence-electron chi connectivity index (χ1n) is 8.14. The number of nitro groups is 2. The average molecular weight is 356 g/mol. The summed E-state index contributed by atoms with van der Waals surface area (Å²) in [5.41, 5.74) is -0.0365. The van der Waals surface area contributed by atoms with E-state index >= 15 is 0 Å². The summed E-state index contributed by atoms with van der Waals surface area (Å²) in [4.78, 5) is 32.6. The number of rotatable bonds is 5. The number of non-ortho nitro benzene ring substituents is 2. The van der Waals surface area contributed by atoms with E-state index in [9.17, 15) is 25.0 Å². The maximum absolute atomic E-state index is 12.3. The van der Waals surface area contributed by atoms with E-state index in [4.69, 9.17) is 4.74 Å². The monoisotopic (exact) mass is 356 g/mol. The van der Waals surface area contributed by atoms with Crippen molar-refractivity contribution in [3.63, 3.8) is 0 Å². The summed E-state index contributed by atoms with van der Waals surface area (Å²) in [6.07, 6.45) is 1.90. The zero-order valence-corrected chi connectivity index (χ0v) is 13.7. The van der Waals surface area contributed by atoms with Crippen molar-refractivity contribution in [3.8, 4) is 0 Å². The molecule has 8 nitrogen and oxygen atoms in total. The van der Waals surface area contributed by atoms with E-state index in [1.165, 1.54) is 5.56 Å². The maximum atomic E-state index is 12.3. The van der Waals surface area contributed by atoms with Crippen molar-refractivity contribution in [1.29, 1.82) is 0 Å². The molecule has 0 bridgehead atoms. The molecule has 8 heteroatoms. The van der Waals surface area contributed by atoms with Crippen LogP contribution in [0, 0.1) is 20.2 Å². The molecule has 1 aliphatic carbocycles. The van der Waals surface area contributed by atoms with E-state index in [0.717, 1.165) is 24.6 Å². The predicted octanol–water partition coefficient (Wildman–Crippen LogP) is 4.00. The zero-order chi connectivity index (χ0) is 18.7. The molecular formula is C18H16N2O6. The van der Waals surface area contributed by atoms with Crippen molar-refractivity contribution in [1.82, 2.24) is 0 Å². The van der Waals surface area contributed by atoms with Crippen LogP contribution in [0.5, 0.6) is 0 Å². The highest BCUT2D eigenvalue weighted by Gasteiger charge is 2.30. The van der Waals surface area contributed by atoms with Crippen molar-refractivity contribution in [2.45, 2.75) is 31.3 Å². The first kappa shape index (κ1) is 17.5. The molecule has 0 unspecified atom stereocenters. The summed E-state index contributed by atoms with van der Waals surface area (Å²) in [5, 5.41) is 21.9. The topological polar surface area (TPSA) is 113 Å². The van der Waals surface area contributed by atoms with Crippen molar-refractivity contribution in [2.24, 2.45) is 0 Å². The fourth-order valence-electron chi connectivity index (χ4n) is 3.22. The van der Waals surface area contributed by atoms with Gasteiger partial charge in [0.1, 0.15) is 6.10 Å². The van der Waals surface area contributed by atoms with Crippen molar-refractivity contribution in [2.75, 3.05) is 0 Å². The van der Waals surface area contributed by atoms with Gasteiger partial charge in [0.15, 0.2) is 0 Å². The highest BCUT2D eigenvalue weighted by molar-refractivity contribution is 5.91. The number of hydrogen-bond acceptors (Lipinski definition) is 6. The van der Waals surface area contributed by atoms with Gasteiger partial charge in [0.25, 0.3) is 11.4 Å². The van der Waals surface area contributed by atoms with Crippen LogP contribution in [-0.2, 0) is 4.74 Å². The zero-order valence-electron chi connectivity index (χ0n) is 13.7. The summed E-state index contributed by atoms with van der Waals surface area (Å²) in [6.45, 7) is 0. The lowest BCUT2D eigenvalue weighted by molar-refractivity contribution is -0.394. The second kappa shape index (κ2) is 7.30. The standard InChI is InChI=1S/C18H16N2O6/c21-18(14-8-15(19(22)23)11-16(9-14)20(24)25)26-17-7-6-13(10-17)12-4-2-1-3-5-12/h1-5,8-9,11,13,17H,6-7,10H2/t13-,17-/m1/s1. The van der Waals surface area contributed by atoms with Gasteiger partial charge in [-0.3, -0.25) is 20.2 Å². The van der Waals surface area contributed by atoms with Crippen molar-refractivity contribution < 1.29 is 19.4 Å². The molecule has 2 atom stereocenters. The minimum absolute atomic E-state index is 0.186. The Labute approximate surface area is 148 Å². The highest BCUT2D eigenvalue weighted by atomic mass is 16.6. The molecule has 0 aromatic heterocycles. The normalized spacial score (nSPS) is 19.1. The van der Waals surface area contributed by atoms with E-state index in [-0.39, 0.29) is 17.6 Å². The third-order valence-corrected chi connectivity index (χ3v) is 4.49. The molecule has 0 heterocycles. The Morgan fingerprint density at radius 1 is 0.962 bits per heavy atom. The van der Waals surface area contributed by atoms with Gasteiger partial charge in [-0.25, -0.2) is 4.79 Å². The van der Waals surface area contributed by atoms with Gasteiger partial charge in [-0.05, 0) is 30.7 Å². The third kappa shape index (κ3) is 3.85. The summed E-state index contributed by atoms with van der Waals surface area (Å²) in [6, 6.07) is 12.7. The SMILES string of the molecule is O=C(O[C@@H]1CC[C@@H](c2ccccc2)C1)c1cc([N+](=O)[O-])cc([N+](=O)[O-])c1. The van der Waals surface area contributed by atoms with Crippen molar-refractivity contribution >= 4 is 17.3 Å². The van der Waals surface area contributed by atoms with Crippen LogP contribution in [0.1, 0.15) is 41.1 Å². The van der Waals surface area contributed by atoms with Crippen LogP contribution in [0.2, 0.25) is 0 Å². The lowest BCUT2D eigenvalue weighted by Gasteiger charge is -2.13. The van der Waals surface area contributed by atoms with E-state index in [1.807, 2.05) is 30.3 Å². The van der Waals surface area contributed by atoms with E-state index < -0.39 is 27.2 Å². The second-order valence-corrected chi connectivity index (χ2v) is 6.20. The molecule has 2 aromatic carbocycles. The van der Waals surface area contributed by atoms with E-state index in [1.54, 1.807) is 0 Å². The molecule has 1 aliphatic rings. The van der Waals surface area contributed by atoms with Gasteiger partial charge >= 0.3 is 5.97 Å². The molecule has 0 N–H and O–H groups in total. The Bertz CT molecular complexity index is 820. The number of hydrogen-bond donors (Lipinski definition) is 0. The summed E-state index contributed by atoms with van der Waals surface area (Å²) >= 11 is 0. The van der Waals surface area contributed by atoms with Crippen LogP contribution < -0.4 is 0 Å². The molecule has 0 spiro atoms. The lowest BCUT2D eigenvalue weighted by Crippen LogP contribution is -2.15. The molecular weight excluding hydrogens is 340 g/mol. The largest absolute Gasteiger partial charge is 0.459 e. The van der Waals surface area contributed by atoms with Gasteiger partial charge in [-0.15, -0.1) is 0 Å². The quantitative estimate of drug-likeness (QED) is 0.455. The van der Waals surface area contributed by atoms with Crippen LogP contribution in [0.25, 0.3) is 0 Å². The molecule has 0 saturated heterocycles. The third-order valence-electron chi connectivity index (χ3n) is 4.49. The van der Waals surface area contributed by atoms with Gasteiger partial charge in [0, 0.05) is 12.1 Å². The van der Waals surface area contributed by atoms with Gasteiger partial charge in [0.2, 0.25) is 0 Å². The fraction of sp³-hybridized carbons (Fsp3) is 0.278. The maximum Gasteiger partial charge on any atom is 0.338 e. The van der Waals surface area contributed by atoms with Gasteiger partial charge in [-0.1, -0.05) is 30.3 Å². The minimum Gasteiger partial charge on any atom is -0.459 e. The van der Waals surface area contributed by atoms with Gasteiger partial charge in [0.05, 0.1) is 21.5 Å². The van der Waals surface area contributed by atoms with Crippen LogP contribution >= 0.6 is 0 Å². The number of nitrogens with zero attached hydrogens (tertiary/aromatic N) is 2. The van der Waals surface area contributed by atoms with Crippen LogP contribution in [0.3, 0.4) is 0 Å². The minimum atomic E-state index is -0.782. The molecule has 1 saturated carbocycles. The van der Waals surface area contributed by atoms with Crippen LogP contribution in [0.15, 0.2) is 48.5 Å². The number of ether oxygens (including phenoxy) is 1. The Balaban J connectivity index is 1.72. The molecule has 0 radical (unpaired) electrons. The first-order chi connectivity index (χ1) is 12.4. The number of carbonyl (C=O) groups is 1. The van der Waals surface area contributed by atoms with Crippen molar-refractivity contribution in [3.05, 3.63) is 79.9 Å². The Kier molecular flexibility index (Phi) is 4.92. The van der Waals surface area contributed by atoms with Gasteiger partial charge < -0.3 is 4.74 Å². The molecule has 134 valence electrons. The number of benzene rings is 2. The van der Waals surface area contributed by atoms with Crippen LogP contribution in [0.4, 0.5) is 11.4 Å². The number of esters is 1. The predicted molar refractivity (Wildman–Crippen MR) is 92.0 cm³/mol. The van der Waals surface area contributed by atoms with Gasteiger partial charge in [-0.2, -0.15) is 0 Å². The highest BCUT2D eigenvalue weighted by Crippen LogP contribution is 2.36. The van der Waals surface area contributed by atoms with E-state index in [2.05, 4.69) is 0 Å². The summed E-state index contributed by atoms with van der Waals surface area (Å²) < 4.78 is 5.43. The molecule has 2 aromatic rings.